The van der Waals surface area contributed by atoms with Crippen molar-refractivity contribution in [2.24, 2.45) is 0 Å². The van der Waals surface area contributed by atoms with Gasteiger partial charge in [-0.15, -0.1) is 0 Å². The molecule has 3 rings (SSSR count). The van der Waals surface area contributed by atoms with Gasteiger partial charge in [-0.1, -0.05) is 36.4 Å². The summed E-state index contributed by atoms with van der Waals surface area (Å²) in [5, 5.41) is 13.5. The van der Waals surface area contributed by atoms with E-state index >= 15 is 0 Å². The van der Waals surface area contributed by atoms with Crippen LogP contribution in [-0.2, 0) is 14.8 Å². The maximum atomic E-state index is 12.9. The number of para-hydroxylation sites is 3. The third-order valence-electron chi connectivity index (χ3n) is 4.32. The Kier molecular flexibility index (Phi) is 6.51. The summed E-state index contributed by atoms with van der Waals surface area (Å²) in [6.07, 6.45) is 0. The molecule has 1 amide bonds. The van der Waals surface area contributed by atoms with Crippen LogP contribution in [-0.4, -0.2) is 32.9 Å². The second kappa shape index (κ2) is 9.26. The lowest BCUT2D eigenvalue weighted by atomic mass is 10.3. The van der Waals surface area contributed by atoms with Gasteiger partial charge in [-0.3, -0.25) is 19.2 Å². The summed E-state index contributed by atoms with van der Waals surface area (Å²) in [5.74, 6) is -0.632. The van der Waals surface area contributed by atoms with Gasteiger partial charge >= 0.3 is 5.69 Å². The Balaban J connectivity index is 1.71. The molecule has 0 aliphatic rings. The first-order chi connectivity index (χ1) is 14.8. The van der Waals surface area contributed by atoms with Crippen LogP contribution in [0.1, 0.15) is 0 Å². The van der Waals surface area contributed by atoms with Crippen molar-refractivity contribution in [1.29, 1.82) is 0 Å². The summed E-state index contributed by atoms with van der Waals surface area (Å²) in [7, 11) is -2.40. The molecule has 3 aromatic rings. The van der Waals surface area contributed by atoms with E-state index in [9.17, 15) is 23.3 Å². The molecular weight excluding hydrogens is 422 g/mol. The highest BCUT2D eigenvalue weighted by Crippen LogP contribution is 2.26. The zero-order valence-corrected chi connectivity index (χ0v) is 17.3. The average molecular weight is 441 g/mol. The van der Waals surface area contributed by atoms with Crippen LogP contribution in [0.25, 0.3) is 0 Å². The smallest absolute Gasteiger partial charge is 0.310 e. The summed E-state index contributed by atoms with van der Waals surface area (Å²) in [5.41, 5.74) is 0.487. The Labute approximate surface area is 179 Å². The Morgan fingerprint density at radius 1 is 1.03 bits per heavy atom. The van der Waals surface area contributed by atoms with E-state index in [4.69, 9.17) is 4.74 Å². The van der Waals surface area contributed by atoms with Crippen molar-refractivity contribution in [3.63, 3.8) is 0 Å². The fraction of sp³-hybridized carbons (Fsp3) is 0.0952. The first kappa shape index (κ1) is 21.8. The summed E-state index contributed by atoms with van der Waals surface area (Å²) < 4.78 is 32.2. The number of nitro groups is 1. The number of sulfonamides is 1. The minimum atomic E-state index is -3.84. The zero-order chi connectivity index (χ0) is 22.4. The third-order valence-corrected chi connectivity index (χ3v) is 6.10. The van der Waals surface area contributed by atoms with E-state index < -0.39 is 27.5 Å². The predicted molar refractivity (Wildman–Crippen MR) is 116 cm³/mol. The molecule has 0 saturated carbocycles. The molecule has 0 heterocycles. The highest BCUT2D eigenvalue weighted by Gasteiger charge is 2.22. The lowest BCUT2D eigenvalue weighted by Gasteiger charge is -2.19. The lowest BCUT2D eigenvalue weighted by Crippen LogP contribution is -2.26. The van der Waals surface area contributed by atoms with Crippen molar-refractivity contribution in [3.05, 3.63) is 89.0 Å². The SMILES string of the molecule is CN(c1ccccc1)S(=O)(=O)c1cccc(NC(=O)COc2ccccc2[N+](=O)[O-])c1. The van der Waals surface area contributed by atoms with Crippen LogP contribution in [0, 0.1) is 10.1 Å². The fourth-order valence-electron chi connectivity index (χ4n) is 2.74. The van der Waals surface area contributed by atoms with Crippen molar-refractivity contribution in [2.45, 2.75) is 4.90 Å². The van der Waals surface area contributed by atoms with Gasteiger partial charge in [-0.2, -0.15) is 0 Å². The standard InChI is InChI=1S/C21H19N3O6S/c1-23(17-9-3-2-4-10-17)31(28,29)18-11-7-8-16(14-18)22-21(25)15-30-20-13-6-5-12-19(20)24(26)27/h2-14H,15H2,1H3,(H,22,25). The van der Waals surface area contributed by atoms with Gasteiger partial charge in [-0.05, 0) is 36.4 Å². The second-order valence-corrected chi connectivity index (χ2v) is 8.37. The van der Waals surface area contributed by atoms with Gasteiger partial charge in [0.2, 0.25) is 0 Å². The van der Waals surface area contributed by atoms with E-state index in [1.807, 2.05) is 0 Å². The van der Waals surface area contributed by atoms with E-state index in [-0.39, 0.29) is 22.0 Å². The number of ether oxygens (including phenoxy) is 1. The van der Waals surface area contributed by atoms with E-state index in [0.29, 0.717) is 5.69 Å². The molecule has 0 aliphatic carbocycles. The number of hydrogen-bond acceptors (Lipinski definition) is 6. The van der Waals surface area contributed by atoms with Crippen molar-refractivity contribution in [1.82, 2.24) is 0 Å². The van der Waals surface area contributed by atoms with Gasteiger partial charge in [0.15, 0.2) is 12.4 Å². The number of nitro benzene ring substituents is 1. The number of anilines is 2. The Morgan fingerprint density at radius 2 is 1.71 bits per heavy atom. The van der Waals surface area contributed by atoms with Crippen LogP contribution < -0.4 is 14.4 Å². The summed E-state index contributed by atoms with van der Waals surface area (Å²) in [6, 6.07) is 20.1. The van der Waals surface area contributed by atoms with Gasteiger partial charge in [0.05, 0.1) is 15.5 Å². The quantitative estimate of drug-likeness (QED) is 0.422. The molecule has 31 heavy (non-hydrogen) atoms. The molecule has 3 aromatic carbocycles. The molecular formula is C21H19N3O6S. The summed E-state index contributed by atoms with van der Waals surface area (Å²) in [6.45, 7) is -0.480. The Hall–Kier alpha value is -3.92. The number of nitrogens with zero attached hydrogens (tertiary/aromatic N) is 2. The summed E-state index contributed by atoms with van der Waals surface area (Å²) in [4.78, 5) is 22.6. The fourth-order valence-corrected chi connectivity index (χ4v) is 3.98. The Bertz CT molecular complexity index is 1200. The normalized spacial score (nSPS) is 10.9. The van der Waals surface area contributed by atoms with E-state index in [2.05, 4.69) is 5.32 Å². The third kappa shape index (κ3) is 5.17. The first-order valence-corrected chi connectivity index (χ1v) is 10.5. The molecule has 1 N–H and O–H groups in total. The first-order valence-electron chi connectivity index (χ1n) is 9.09. The van der Waals surface area contributed by atoms with Crippen LogP contribution in [0.5, 0.6) is 5.75 Å². The minimum absolute atomic E-state index is 0.00345. The largest absolute Gasteiger partial charge is 0.477 e. The number of amides is 1. The number of carbonyl (C=O) groups excluding carboxylic acids is 1. The molecule has 0 bridgehead atoms. The second-order valence-electron chi connectivity index (χ2n) is 6.40. The topological polar surface area (TPSA) is 119 Å². The highest BCUT2D eigenvalue weighted by molar-refractivity contribution is 7.92. The molecule has 0 spiro atoms. The molecule has 0 radical (unpaired) electrons. The highest BCUT2D eigenvalue weighted by atomic mass is 32.2. The predicted octanol–water partition coefficient (Wildman–Crippen LogP) is 3.44. The van der Waals surface area contributed by atoms with Crippen LogP contribution in [0.2, 0.25) is 0 Å². The van der Waals surface area contributed by atoms with Gasteiger partial charge in [0.1, 0.15) is 0 Å². The molecule has 0 fully saturated rings. The summed E-state index contributed by atoms with van der Waals surface area (Å²) >= 11 is 0. The molecule has 0 aliphatic heterocycles. The van der Waals surface area contributed by atoms with Gasteiger partial charge in [-0.25, -0.2) is 8.42 Å². The number of rotatable bonds is 8. The van der Waals surface area contributed by atoms with Crippen molar-refractivity contribution >= 4 is 33.0 Å². The van der Waals surface area contributed by atoms with Crippen molar-refractivity contribution in [2.75, 3.05) is 23.3 Å². The molecule has 160 valence electrons. The molecule has 0 saturated heterocycles. The maximum absolute atomic E-state index is 12.9. The molecule has 10 heteroatoms. The molecule has 0 unspecified atom stereocenters. The Morgan fingerprint density at radius 3 is 2.42 bits per heavy atom. The van der Waals surface area contributed by atoms with Crippen molar-refractivity contribution < 1.29 is 22.9 Å². The van der Waals surface area contributed by atoms with Gasteiger partial charge in [0.25, 0.3) is 15.9 Å². The van der Waals surface area contributed by atoms with E-state index in [0.717, 1.165) is 4.31 Å². The minimum Gasteiger partial charge on any atom is -0.477 e. The average Bonchev–Trinajstić information content (AvgIpc) is 2.78. The van der Waals surface area contributed by atoms with Crippen LogP contribution in [0.4, 0.5) is 17.1 Å². The van der Waals surface area contributed by atoms with E-state index in [1.54, 1.807) is 36.4 Å². The number of carbonyl (C=O) groups is 1. The number of benzene rings is 3. The maximum Gasteiger partial charge on any atom is 0.310 e. The molecule has 9 nitrogen and oxygen atoms in total. The zero-order valence-electron chi connectivity index (χ0n) is 16.5. The number of hydrogen-bond donors (Lipinski definition) is 1. The van der Waals surface area contributed by atoms with E-state index in [1.165, 1.54) is 49.5 Å². The van der Waals surface area contributed by atoms with Crippen LogP contribution in [0.15, 0.2) is 83.8 Å². The van der Waals surface area contributed by atoms with Gasteiger partial charge < -0.3 is 10.1 Å². The number of nitrogens with one attached hydrogen (secondary N) is 1. The van der Waals surface area contributed by atoms with Gasteiger partial charge in [0, 0.05) is 18.8 Å². The molecule has 0 atom stereocenters. The monoisotopic (exact) mass is 441 g/mol. The van der Waals surface area contributed by atoms with Crippen LogP contribution in [0.3, 0.4) is 0 Å². The van der Waals surface area contributed by atoms with Crippen molar-refractivity contribution in [3.8, 4) is 5.75 Å². The lowest BCUT2D eigenvalue weighted by molar-refractivity contribution is -0.385. The molecule has 0 aromatic heterocycles. The van der Waals surface area contributed by atoms with Crippen LogP contribution >= 0.6 is 0 Å².